The lowest BCUT2D eigenvalue weighted by molar-refractivity contribution is -0.133. The smallest absolute Gasteiger partial charge is 0.227 e. The first-order chi connectivity index (χ1) is 10.1. The molecule has 0 radical (unpaired) electrons. The molecule has 21 heavy (non-hydrogen) atoms. The molecule has 1 aliphatic carbocycles. The van der Waals surface area contributed by atoms with Gasteiger partial charge in [-0.2, -0.15) is 0 Å². The Hall–Kier alpha value is -0.870. The predicted octanol–water partition coefficient (Wildman–Crippen LogP) is 3.93. The van der Waals surface area contributed by atoms with E-state index in [9.17, 15) is 4.79 Å². The van der Waals surface area contributed by atoms with Crippen molar-refractivity contribution in [2.45, 2.75) is 51.5 Å². The summed E-state index contributed by atoms with van der Waals surface area (Å²) >= 11 is 3.45. The van der Waals surface area contributed by atoms with Crippen LogP contribution in [0.4, 0.5) is 0 Å². The molecule has 3 N–H and O–H groups in total. The molecule has 1 aromatic rings. The van der Waals surface area contributed by atoms with Gasteiger partial charge < -0.3 is 11.1 Å². The number of carbonyl (C=O) groups is 1. The lowest BCUT2D eigenvalue weighted by atomic mass is 9.73. The van der Waals surface area contributed by atoms with Crippen LogP contribution in [-0.2, 0) is 4.79 Å². The lowest BCUT2D eigenvalue weighted by Crippen LogP contribution is -2.48. The monoisotopic (exact) mass is 352 g/mol. The first-order valence-electron chi connectivity index (χ1n) is 7.88. The minimum atomic E-state index is -0.346. The molecule has 116 valence electrons. The van der Waals surface area contributed by atoms with E-state index in [2.05, 4.69) is 40.3 Å². The van der Waals surface area contributed by atoms with Gasteiger partial charge >= 0.3 is 0 Å². The van der Waals surface area contributed by atoms with Gasteiger partial charge in [0.25, 0.3) is 0 Å². The molecule has 0 heterocycles. The van der Waals surface area contributed by atoms with E-state index in [0.717, 1.165) is 42.1 Å². The third-order valence-corrected chi connectivity index (χ3v) is 5.20. The van der Waals surface area contributed by atoms with Crippen LogP contribution >= 0.6 is 15.9 Å². The van der Waals surface area contributed by atoms with Crippen molar-refractivity contribution >= 4 is 21.8 Å². The molecule has 0 aliphatic heterocycles. The van der Waals surface area contributed by atoms with Crippen LogP contribution in [0.25, 0.3) is 0 Å². The Kier molecular flexibility index (Phi) is 5.82. The largest absolute Gasteiger partial charge is 0.349 e. The Labute approximate surface area is 135 Å². The zero-order valence-corrected chi connectivity index (χ0v) is 14.3. The minimum Gasteiger partial charge on any atom is -0.349 e. The molecule has 1 unspecified atom stereocenters. The highest BCUT2D eigenvalue weighted by molar-refractivity contribution is 9.10. The third kappa shape index (κ3) is 3.86. The molecule has 1 fully saturated rings. The van der Waals surface area contributed by atoms with Crippen LogP contribution < -0.4 is 11.1 Å². The van der Waals surface area contributed by atoms with Crippen molar-refractivity contribution in [3.63, 3.8) is 0 Å². The first-order valence-corrected chi connectivity index (χ1v) is 8.67. The topological polar surface area (TPSA) is 55.1 Å². The van der Waals surface area contributed by atoms with E-state index >= 15 is 0 Å². The molecule has 0 aromatic heterocycles. The summed E-state index contributed by atoms with van der Waals surface area (Å²) < 4.78 is 1.05. The van der Waals surface area contributed by atoms with Gasteiger partial charge in [0.05, 0.1) is 11.5 Å². The van der Waals surface area contributed by atoms with Crippen molar-refractivity contribution in [1.29, 1.82) is 0 Å². The predicted molar refractivity (Wildman–Crippen MR) is 89.9 cm³/mol. The van der Waals surface area contributed by atoms with Crippen LogP contribution in [0.1, 0.15) is 57.1 Å². The maximum atomic E-state index is 12.8. The van der Waals surface area contributed by atoms with Crippen molar-refractivity contribution in [1.82, 2.24) is 5.32 Å². The third-order valence-electron chi connectivity index (χ3n) is 4.67. The van der Waals surface area contributed by atoms with Gasteiger partial charge in [0.15, 0.2) is 0 Å². The van der Waals surface area contributed by atoms with Crippen LogP contribution in [0.2, 0.25) is 0 Å². The van der Waals surface area contributed by atoms with Crippen molar-refractivity contribution in [3.8, 4) is 0 Å². The summed E-state index contributed by atoms with van der Waals surface area (Å²) in [5.74, 6) is 0.138. The van der Waals surface area contributed by atoms with E-state index in [4.69, 9.17) is 5.73 Å². The van der Waals surface area contributed by atoms with E-state index in [1.54, 1.807) is 0 Å². The van der Waals surface area contributed by atoms with Crippen LogP contribution in [0.15, 0.2) is 28.7 Å². The minimum absolute atomic E-state index is 0.0657. The fraction of sp³-hybridized carbons (Fsp3) is 0.588. The van der Waals surface area contributed by atoms with Gasteiger partial charge in [-0.25, -0.2) is 0 Å². The number of nitrogens with two attached hydrogens (primary N) is 1. The highest BCUT2D eigenvalue weighted by Crippen LogP contribution is 2.36. The number of nitrogens with one attached hydrogen (secondary N) is 1. The molecular weight excluding hydrogens is 328 g/mol. The van der Waals surface area contributed by atoms with E-state index in [1.165, 1.54) is 6.42 Å². The van der Waals surface area contributed by atoms with Crippen molar-refractivity contribution in [2.75, 3.05) is 6.54 Å². The van der Waals surface area contributed by atoms with E-state index in [1.807, 2.05) is 12.1 Å². The lowest BCUT2D eigenvalue weighted by Gasteiger charge is -2.36. The number of halogens is 1. The Morgan fingerprint density at radius 3 is 2.43 bits per heavy atom. The number of hydrogen-bond acceptors (Lipinski definition) is 2. The molecule has 0 saturated heterocycles. The molecule has 1 aromatic carbocycles. The van der Waals surface area contributed by atoms with Crippen LogP contribution in [-0.4, -0.2) is 12.5 Å². The summed E-state index contributed by atoms with van der Waals surface area (Å²) in [5, 5.41) is 3.23. The summed E-state index contributed by atoms with van der Waals surface area (Å²) in [6.07, 6.45) is 6.17. The quantitative estimate of drug-likeness (QED) is 0.843. The standard InChI is InChI=1S/C17H25BrN2O/c1-2-15(13-6-8-14(18)9-7-13)20-16(21)17(12-19)10-4-3-5-11-17/h6-9,15H,2-5,10-12,19H2,1H3,(H,20,21). The van der Waals surface area contributed by atoms with Crippen molar-refractivity contribution < 1.29 is 4.79 Å². The molecule has 2 rings (SSSR count). The normalized spacial score (nSPS) is 19.0. The molecule has 4 heteroatoms. The Morgan fingerprint density at radius 1 is 1.29 bits per heavy atom. The summed E-state index contributed by atoms with van der Waals surface area (Å²) in [4.78, 5) is 12.8. The maximum absolute atomic E-state index is 12.8. The van der Waals surface area contributed by atoms with E-state index in [-0.39, 0.29) is 17.4 Å². The summed E-state index contributed by atoms with van der Waals surface area (Å²) in [6.45, 7) is 2.55. The van der Waals surface area contributed by atoms with Gasteiger partial charge in [-0.1, -0.05) is 54.2 Å². The Bertz CT molecular complexity index is 466. The Balaban J connectivity index is 2.10. The number of rotatable bonds is 5. The second kappa shape index (κ2) is 7.41. The zero-order valence-electron chi connectivity index (χ0n) is 12.7. The molecule has 1 atom stereocenters. The van der Waals surface area contributed by atoms with Crippen molar-refractivity contribution in [2.24, 2.45) is 11.1 Å². The van der Waals surface area contributed by atoms with Gasteiger partial charge in [-0.3, -0.25) is 4.79 Å². The fourth-order valence-corrected chi connectivity index (χ4v) is 3.44. The van der Waals surface area contributed by atoms with Gasteiger partial charge in [0.1, 0.15) is 0 Å². The molecule has 3 nitrogen and oxygen atoms in total. The average Bonchev–Trinajstić information content (AvgIpc) is 2.54. The van der Waals surface area contributed by atoms with Gasteiger partial charge in [-0.15, -0.1) is 0 Å². The number of hydrogen-bond donors (Lipinski definition) is 2. The number of carbonyl (C=O) groups excluding carboxylic acids is 1. The first kappa shape index (κ1) is 16.5. The molecule has 1 aliphatic rings. The molecule has 1 amide bonds. The molecule has 1 saturated carbocycles. The van der Waals surface area contributed by atoms with E-state index < -0.39 is 0 Å². The summed E-state index contributed by atoms with van der Waals surface area (Å²) in [6, 6.07) is 8.23. The fourth-order valence-electron chi connectivity index (χ4n) is 3.18. The highest BCUT2D eigenvalue weighted by Gasteiger charge is 2.38. The van der Waals surface area contributed by atoms with Crippen LogP contribution in [0, 0.1) is 5.41 Å². The second-order valence-corrected chi connectivity index (χ2v) is 6.95. The molecule has 0 spiro atoms. The van der Waals surface area contributed by atoms with Crippen LogP contribution in [0.3, 0.4) is 0 Å². The van der Waals surface area contributed by atoms with E-state index in [0.29, 0.717) is 6.54 Å². The summed E-state index contributed by atoms with van der Waals surface area (Å²) in [5.41, 5.74) is 6.75. The zero-order chi connectivity index (χ0) is 15.3. The number of benzene rings is 1. The summed E-state index contributed by atoms with van der Waals surface area (Å²) in [7, 11) is 0. The number of amides is 1. The molecular formula is C17H25BrN2O. The average molecular weight is 353 g/mol. The van der Waals surface area contributed by atoms with Crippen molar-refractivity contribution in [3.05, 3.63) is 34.3 Å². The second-order valence-electron chi connectivity index (χ2n) is 6.03. The van der Waals surface area contributed by atoms with Crippen LogP contribution in [0.5, 0.6) is 0 Å². The highest BCUT2D eigenvalue weighted by atomic mass is 79.9. The van der Waals surface area contributed by atoms with Gasteiger partial charge in [0.2, 0.25) is 5.91 Å². The molecule has 0 bridgehead atoms. The Morgan fingerprint density at radius 2 is 1.90 bits per heavy atom. The van der Waals surface area contributed by atoms with Gasteiger partial charge in [-0.05, 0) is 37.0 Å². The van der Waals surface area contributed by atoms with Gasteiger partial charge in [0, 0.05) is 11.0 Å². The maximum Gasteiger partial charge on any atom is 0.227 e. The SMILES string of the molecule is CCC(NC(=O)C1(CN)CCCCC1)c1ccc(Br)cc1.